The Hall–Kier alpha value is -2.41. The van der Waals surface area contributed by atoms with Gasteiger partial charge in [0.05, 0.1) is 6.26 Å². The number of benzene rings is 2. The fraction of sp³-hybridized carbons (Fsp3) is 0.133. The molecule has 2 aromatic carbocycles. The van der Waals surface area contributed by atoms with E-state index in [1.165, 1.54) is 30.3 Å². The van der Waals surface area contributed by atoms with Gasteiger partial charge in [0.1, 0.15) is 5.82 Å². The molecule has 0 spiro atoms. The summed E-state index contributed by atoms with van der Waals surface area (Å²) in [7, 11) is -3.34. The van der Waals surface area contributed by atoms with Gasteiger partial charge in [0.25, 0.3) is 5.91 Å². The van der Waals surface area contributed by atoms with E-state index in [1.54, 1.807) is 19.1 Å². The molecule has 0 radical (unpaired) electrons. The topological polar surface area (TPSA) is 75.3 Å². The normalized spacial score (nSPS) is 11.0. The van der Waals surface area contributed by atoms with Crippen LogP contribution >= 0.6 is 0 Å². The van der Waals surface area contributed by atoms with Crippen molar-refractivity contribution >= 4 is 27.3 Å². The molecule has 0 aromatic heterocycles. The first kappa shape index (κ1) is 16.0. The van der Waals surface area contributed by atoms with Crippen LogP contribution in [0.4, 0.5) is 15.8 Å². The largest absolute Gasteiger partial charge is 0.322 e. The van der Waals surface area contributed by atoms with Crippen LogP contribution in [0.2, 0.25) is 0 Å². The number of anilines is 2. The van der Waals surface area contributed by atoms with E-state index in [1.807, 2.05) is 0 Å². The Morgan fingerprint density at radius 2 is 1.64 bits per heavy atom. The Balaban J connectivity index is 2.10. The Labute approximate surface area is 128 Å². The Kier molecular flexibility index (Phi) is 4.46. The first-order valence-electron chi connectivity index (χ1n) is 6.40. The number of nitrogens with one attached hydrogen (secondary N) is 2. The molecular weight excluding hydrogens is 307 g/mol. The predicted octanol–water partition coefficient (Wildman–Crippen LogP) is 2.76. The molecule has 5 nitrogen and oxygen atoms in total. The highest BCUT2D eigenvalue weighted by Gasteiger charge is 2.09. The Bertz CT molecular complexity index is 802. The molecule has 2 N–H and O–H groups in total. The van der Waals surface area contributed by atoms with Crippen molar-refractivity contribution in [1.82, 2.24) is 0 Å². The maximum atomic E-state index is 13.4. The third kappa shape index (κ3) is 4.29. The van der Waals surface area contributed by atoms with Gasteiger partial charge in [0.2, 0.25) is 10.0 Å². The summed E-state index contributed by atoms with van der Waals surface area (Å²) < 4.78 is 37.9. The zero-order valence-electron chi connectivity index (χ0n) is 12.1. The van der Waals surface area contributed by atoms with Crippen LogP contribution in [0.5, 0.6) is 0 Å². The van der Waals surface area contributed by atoms with E-state index in [-0.39, 0.29) is 5.56 Å². The molecule has 0 aliphatic carbocycles. The van der Waals surface area contributed by atoms with Crippen LogP contribution in [0.15, 0.2) is 42.5 Å². The highest BCUT2D eigenvalue weighted by atomic mass is 32.2. The Morgan fingerprint density at radius 1 is 1.05 bits per heavy atom. The van der Waals surface area contributed by atoms with Gasteiger partial charge in [-0.05, 0) is 48.9 Å². The van der Waals surface area contributed by atoms with Crippen LogP contribution in [0.3, 0.4) is 0 Å². The minimum absolute atomic E-state index is 0.210. The molecular formula is C15H15FN2O3S. The van der Waals surface area contributed by atoms with Crippen LogP contribution in [0.1, 0.15) is 15.9 Å². The van der Waals surface area contributed by atoms with E-state index in [0.717, 1.165) is 6.26 Å². The number of aryl methyl sites for hydroxylation is 1. The van der Waals surface area contributed by atoms with Crippen LogP contribution in [0, 0.1) is 12.7 Å². The number of rotatable bonds is 4. The van der Waals surface area contributed by atoms with E-state index in [9.17, 15) is 17.6 Å². The summed E-state index contributed by atoms with van der Waals surface area (Å²) in [6.07, 6.45) is 1.05. The number of hydrogen-bond donors (Lipinski definition) is 2. The van der Waals surface area contributed by atoms with Gasteiger partial charge in [-0.25, -0.2) is 12.8 Å². The average molecular weight is 322 g/mol. The molecule has 116 valence electrons. The first-order chi connectivity index (χ1) is 10.2. The smallest absolute Gasteiger partial charge is 0.255 e. The van der Waals surface area contributed by atoms with E-state index >= 15 is 0 Å². The minimum Gasteiger partial charge on any atom is -0.322 e. The van der Waals surface area contributed by atoms with Crippen molar-refractivity contribution in [2.75, 3.05) is 16.3 Å². The highest BCUT2D eigenvalue weighted by molar-refractivity contribution is 7.92. The molecule has 0 aliphatic heterocycles. The molecule has 2 aromatic rings. The average Bonchev–Trinajstić information content (AvgIpc) is 2.42. The quantitative estimate of drug-likeness (QED) is 0.909. The van der Waals surface area contributed by atoms with Gasteiger partial charge >= 0.3 is 0 Å². The number of halogens is 1. The summed E-state index contributed by atoms with van der Waals surface area (Å²) in [5, 5.41) is 2.61. The third-order valence-corrected chi connectivity index (χ3v) is 3.49. The van der Waals surface area contributed by atoms with E-state index in [0.29, 0.717) is 16.9 Å². The zero-order chi connectivity index (χ0) is 16.3. The molecule has 0 fully saturated rings. The summed E-state index contributed by atoms with van der Waals surface area (Å²) in [5.74, 6) is -0.886. The lowest BCUT2D eigenvalue weighted by atomic mass is 10.1. The van der Waals surface area contributed by atoms with Crippen molar-refractivity contribution in [2.45, 2.75) is 6.92 Å². The molecule has 22 heavy (non-hydrogen) atoms. The lowest BCUT2D eigenvalue weighted by Gasteiger charge is -2.08. The molecule has 0 saturated carbocycles. The summed E-state index contributed by atoms with van der Waals surface area (Å²) in [6, 6.07) is 10.4. The lowest BCUT2D eigenvalue weighted by molar-refractivity contribution is 0.102. The van der Waals surface area contributed by atoms with Gasteiger partial charge in [-0.1, -0.05) is 6.07 Å². The highest BCUT2D eigenvalue weighted by Crippen LogP contribution is 2.16. The number of hydrogen-bond acceptors (Lipinski definition) is 3. The fourth-order valence-corrected chi connectivity index (χ4v) is 2.34. The van der Waals surface area contributed by atoms with Crippen molar-refractivity contribution in [3.05, 3.63) is 59.4 Å². The van der Waals surface area contributed by atoms with Crippen LogP contribution in [-0.4, -0.2) is 20.6 Å². The molecule has 0 heterocycles. The van der Waals surface area contributed by atoms with Crippen molar-refractivity contribution in [1.29, 1.82) is 0 Å². The van der Waals surface area contributed by atoms with Crippen molar-refractivity contribution in [3.63, 3.8) is 0 Å². The minimum atomic E-state index is -3.34. The van der Waals surface area contributed by atoms with Gasteiger partial charge in [0, 0.05) is 16.9 Å². The number of carbonyl (C=O) groups is 1. The summed E-state index contributed by atoms with van der Waals surface area (Å²) >= 11 is 0. The molecule has 7 heteroatoms. The molecule has 2 rings (SSSR count). The summed E-state index contributed by atoms with van der Waals surface area (Å²) in [4.78, 5) is 12.0. The van der Waals surface area contributed by atoms with Gasteiger partial charge in [-0.2, -0.15) is 0 Å². The van der Waals surface area contributed by atoms with Crippen molar-refractivity contribution in [3.8, 4) is 0 Å². The second-order valence-corrected chi connectivity index (χ2v) is 6.62. The standard InChI is InChI=1S/C15H15FN2O3S/c1-10-3-4-11(9-14(10)16)15(19)17-12-5-7-13(8-6-12)18-22(2,20)21/h3-9,18H,1-2H3,(H,17,19). The number of amides is 1. The van der Waals surface area contributed by atoms with E-state index < -0.39 is 21.7 Å². The second-order valence-electron chi connectivity index (χ2n) is 4.87. The predicted molar refractivity (Wildman–Crippen MR) is 84.0 cm³/mol. The van der Waals surface area contributed by atoms with Gasteiger partial charge in [-0.3, -0.25) is 9.52 Å². The second kappa shape index (κ2) is 6.15. The molecule has 0 saturated heterocycles. The lowest BCUT2D eigenvalue weighted by Crippen LogP contribution is -2.13. The summed E-state index contributed by atoms with van der Waals surface area (Å²) in [6.45, 7) is 1.62. The van der Waals surface area contributed by atoms with Gasteiger partial charge < -0.3 is 5.32 Å². The maximum absolute atomic E-state index is 13.4. The first-order valence-corrected chi connectivity index (χ1v) is 8.29. The van der Waals surface area contributed by atoms with Crippen molar-refractivity contribution in [2.24, 2.45) is 0 Å². The fourth-order valence-electron chi connectivity index (χ4n) is 1.77. The Morgan fingerprint density at radius 3 is 2.18 bits per heavy atom. The van der Waals surface area contributed by atoms with Gasteiger partial charge in [0.15, 0.2) is 0 Å². The van der Waals surface area contributed by atoms with E-state index in [2.05, 4.69) is 10.0 Å². The van der Waals surface area contributed by atoms with Crippen LogP contribution in [-0.2, 0) is 10.0 Å². The molecule has 1 amide bonds. The van der Waals surface area contributed by atoms with Crippen LogP contribution < -0.4 is 10.0 Å². The van der Waals surface area contributed by atoms with Crippen LogP contribution in [0.25, 0.3) is 0 Å². The third-order valence-electron chi connectivity index (χ3n) is 2.88. The van der Waals surface area contributed by atoms with Crippen molar-refractivity contribution < 1.29 is 17.6 Å². The molecule has 0 unspecified atom stereocenters. The molecule has 0 aliphatic rings. The van der Waals surface area contributed by atoms with Gasteiger partial charge in [-0.15, -0.1) is 0 Å². The zero-order valence-corrected chi connectivity index (χ0v) is 12.9. The SMILES string of the molecule is Cc1ccc(C(=O)Nc2ccc(NS(C)(=O)=O)cc2)cc1F. The number of sulfonamides is 1. The number of carbonyl (C=O) groups excluding carboxylic acids is 1. The monoisotopic (exact) mass is 322 g/mol. The summed E-state index contributed by atoms with van der Waals surface area (Å²) in [5.41, 5.74) is 1.54. The molecule has 0 bridgehead atoms. The molecule has 0 atom stereocenters. The van der Waals surface area contributed by atoms with E-state index in [4.69, 9.17) is 0 Å². The maximum Gasteiger partial charge on any atom is 0.255 e.